The molecule has 0 atom stereocenters. The van der Waals surface area contributed by atoms with Crippen LogP contribution in [0.25, 0.3) is 0 Å². The largest absolute Gasteiger partial charge is 0.416 e. The number of nitriles is 1. The molecule has 104 valence electrons. The van der Waals surface area contributed by atoms with Crippen molar-refractivity contribution in [2.45, 2.75) is 19.6 Å². The summed E-state index contributed by atoms with van der Waals surface area (Å²) in [5.74, 6) is 0. The monoisotopic (exact) mass is 297 g/mol. The van der Waals surface area contributed by atoms with Gasteiger partial charge in [0.1, 0.15) is 16.6 Å². The third kappa shape index (κ3) is 2.91. The molecule has 2 aromatic rings. The Labute approximate surface area is 117 Å². The van der Waals surface area contributed by atoms with Crippen LogP contribution in [0.2, 0.25) is 0 Å². The highest BCUT2D eigenvalue weighted by molar-refractivity contribution is 7.10. The van der Waals surface area contributed by atoms with E-state index >= 15 is 0 Å². The SMILES string of the molecule is Cc1nsc(NCc2ccccc2C(F)(F)F)c1C#N. The predicted octanol–water partition coefficient (Wildman–Crippen LogP) is 3.95. The van der Waals surface area contributed by atoms with Crippen LogP contribution >= 0.6 is 11.5 Å². The molecule has 0 bridgehead atoms. The molecule has 2 rings (SSSR count). The van der Waals surface area contributed by atoms with Crippen LogP contribution in [0.5, 0.6) is 0 Å². The topological polar surface area (TPSA) is 48.7 Å². The number of hydrogen-bond donors (Lipinski definition) is 1. The lowest BCUT2D eigenvalue weighted by molar-refractivity contribution is -0.138. The minimum absolute atomic E-state index is 0.00794. The van der Waals surface area contributed by atoms with E-state index in [1.165, 1.54) is 12.1 Å². The summed E-state index contributed by atoms with van der Waals surface area (Å²) in [6, 6.07) is 7.34. The van der Waals surface area contributed by atoms with Crippen LogP contribution in [0, 0.1) is 18.3 Å². The number of nitrogens with zero attached hydrogens (tertiary/aromatic N) is 2. The Hall–Kier alpha value is -2.07. The number of nitrogens with one attached hydrogen (secondary N) is 1. The molecule has 3 nitrogen and oxygen atoms in total. The van der Waals surface area contributed by atoms with Crippen molar-refractivity contribution in [2.24, 2.45) is 0 Å². The smallest absolute Gasteiger partial charge is 0.370 e. The van der Waals surface area contributed by atoms with E-state index in [1.54, 1.807) is 13.0 Å². The Balaban J connectivity index is 2.22. The Morgan fingerprint density at radius 3 is 2.70 bits per heavy atom. The van der Waals surface area contributed by atoms with Gasteiger partial charge in [-0.2, -0.15) is 22.8 Å². The second-order valence-electron chi connectivity index (χ2n) is 4.09. The van der Waals surface area contributed by atoms with E-state index in [9.17, 15) is 13.2 Å². The number of halogens is 3. The summed E-state index contributed by atoms with van der Waals surface area (Å²) in [4.78, 5) is 0. The van der Waals surface area contributed by atoms with Crippen molar-refractivity contribution in [3.05, 3.63) is 46.6 Å². The van der Waals surface area contributed by atoms with Gasteiger partial charge in [0.2, 0.25) is 0 Å². The molecule has 0 aliphatic rings. The molecule has 0 aliphatic carbocycles. The number of alkyl halides is 3. The first kappa shape index (κ1) is 14.3. The van der Waals surface area contributed by atoms with Crippen molar-refractivity contribution in [3.63, 3.8) is 0 Å². The van der Waals surface area contributed by atoms with E-state index in [2.05, 4.69) is 9.69 Å². The maximum absolute atomic E-state index is 12.8. The van der Waals surface area contributed by atoms with Gasteiger partial charge in [0.05, 0.1) is 11.3 Å². The van der Waals surface area contributed by atoms with Crippen LogP contribution in [0.15, 0.2) is 24.3 Å². The lowest BCUT2D eigenvalue weighted by Crippen LogP contribution is -2.11. The standard InChI is InChI=1S/C13H10F3N3S/c1-8-10(6-17)12(20-19-8)18-7-9-4-2-3-5-11(9)13(14,15)16/h2-5,18H,7H2,1H3. The van der Waals surface area contributed by atoms with Gasteiger partial charge in [-0.25, -0.2) is 0 Å². The number of aromatic nitrogens is 1. The molecular weight excluding hydrogens is 287 g/mol. The van der Waals surface area contributed by atoms with Gasteiger partial charge in [-0.05, 0) is 30.1 Å². The Morgan fingerprint density at radius 1 is 1.35 bits per heavy atom. The molecule has 1 aromatic carbocycles. The average molecular weight is 297 g/mol. The molecule has 0 aliphatic heterocycles. The summed E-state index contributed by atoms with van der Waals surface area (Å²) < 4.78 is 42.5. The zero-order valence-corrected chi connectivity index (χ0v) is 11.3. The molecule has 0 amide bonds. The Kier molecular flexibility index (Phi) is 3.95. The van der Waals surface area contributed by atoms with Crippen LogP contribution in [0.4, 0.5) is 18.2 Å². The number of aryl methyl sites for hydroxylation is 1. The number of hydrogen-bond acceptors (Lipinski definition) is 4. The number of rotatable bonds is 3. The number of benzene rings is 1. The second-order valence-corrected chi connectivity index (χ2v) is 4.87. The highest BCUT2D eigenvalue weighted by Crippen LogP contribution is 2.32. The van der Waals surface area contributed by atoms with E-state index in [1.807, 2.05) is 6.07 Å². The highest BCUT2D eigenvalue weighted by Gasteiger charge is 2.32. The first-order valence-electron chi connectivity index (χ1n) is 5.69. The van der Waals surface area contributed by atoms with Gasteiger partial charge in [-0.3, -0.25) is 0 Å². The zero-order valence-electron chi connectivity index (χ0n) is 10.5. The third-order valence-electron chi connectivity index (χ3n) is 2.74. The molecule has 20 heavy (non-hydrogen) atoms. The quantitative estimate of drug-likeness (QED) is 0.933. The summed E-state index contributed by atoms with van der Waals surface area (Å²) in [6.45, 7) is 1.68. The van der Waals surface area contributed by atoms with Gasteiger partial charge in [-0.15, -0.1) is 0 Å². The first-order chi connectivity index (χ1) is 9.43. The van der Waals surface area contributed by atoms with Crippen LogP contribution in [0.3, 0.4) is 0 Å². The highest BCUT2D eigenvalue weighted by atomic mass is 32.1. The summed E-state index contributed by atoms with van der Waals surface area (Å²) >= 11 is 1.07. The Bertz CT molecular complexity index is 656. The molecule has 0 saturated carbocycles. The van der Waals surface area contributed by atoms with E-state index in [-0.39, 0.29) is 12.1 Å². The molecule has 0 radical (unpaired) electrons. The number of anilines is 1. The van der Waals surface area contributed by atoms with Crippen LogP contribution in [-0.2, 0) is 12.7 Å². The van der Waals surface area contributed by atoms with E-state index in [0.717, 1.165) is 17.6 Å². The fourth-order valence-corrected chi connectivity index (χ4v) is 2.49. The van der Waals surface area contributed by atoms with Gasteiger partial charge in [0.25, 0.3) is 0 Å². The molecule has 0 fully saturated rings. The van der Waals surface area contributed by atoms with Crippen molar-refractivity contribution in [3.8, 4) is 6.07 Å². The lowest BCUT2D eigenvalue weighted by atomic mass is 10.1. The summed E-state index contributed by atoms with van der Waals surface area (Å²) in [6.07, 6.45) is -4.39. The van der Waals surface area contributed by atoms with E-state index in [0.29, 0.717) is 16.3 Å². The van der Waals surface area contributed by atoms with Gasteiger partial charge < -0.3 is 5.32 Å². The molecule has 1 heterocycles. The Morgan fingerprint density at radius 2 is 2.05 bits per heavy atom. The zero-order chi connectivity index (χ0) is 14.8. The summed E-state index contributed by atoms with van der Waals surface area (Å²) in [5.41, 5.74) is 0.408. The van der Waals surface area contributed by atoms with Crippen molar-refractivity contribution in [1.29, 1.82) is 5.26 Å². The molecule has 1 N–H and O–H groups in total. The molecule has 7 heteroatoms. The van der Waals surface area contributed by atoms with Crippen molar-refractivity contribution >= 4 is 16.5 Å². The van der Waals surface area contributed by atoms with Crippen molar-refractivity contribution in [1.82, 2.24) is 4.37 Å². The second kappa shape index (κ2) is 5.51. The fraction of sp³-hybridized carbons (Fsp3) is 0.231. The third-order valence-corrected chi connectivity index (χ3v) is 3.63. The maximum Gasteiger partial charge on any atom is 0.416 e. The predicted molar refractivity (Wildman–Crippen MR) is 70.3 cm³/mol. The fourth-order valence-electron chi connectivity index (χ4n) is 1.75. The summed E-state index contributed by atoms with van der Waals surface area (Å²) in [7, 11) is 0. The van der Waals surface area contributed by atoms with Gasteiger partial charge in [0.15, 0.2) is 0 Å². The molecule has 0 unspecified atom stereocenters. The normalized spacial score (nSPS) is 11.2. The lowest BCUT2D eigenvalue weighted by Gasteiger charge is -2.13. The minimum Gasteiger partial charge on any atom is -0.370 e. The average Bonchev–Trinajstić information content (AvgIpc) is 2.76. The molecule has 0 spiro atoms. The first-order valence-corrected chi connectivity index (χ1v) is 6.46. The van der Waals surface area contributed by atoms with Crippen molar-refractivity contribution in [2.75, 3.05) is 5.32 Å². The van der Waals surface area contributed by atoms with Crippen LogP contribution in [0.1, 0.15) is 22.4 Å². The maximum atomic E-state index is 12.8. The molecule has 0 saturated heterocycles. The van der Waals surface area contributed by atoms with Crippen molar-refractivity contribution < 1.29 is 13.2 Å². The van der Waals surface area contributed by atoms with Gasteiger partial charge >= 0.3 is 6.18 Å². The van der Waals surface area contributed by atoms with Gasteiger partial charge in [0, 0.05) is 6.54 Å². The van der Waals surface area contributed by atoms with E-state index < -0.39 is 11.7 Å². The van der Waals surface area contributed by atoms with E-state index in [4.69, 9.17) is 5.26 Å². The van der Waals surface area contributed by atoms with Crippen LogP contribution < -0.4 is 5.32 Å². The van der Waals surface area contributed by atoms with Crippen LogP contribution in [-0.4, -0.2) is 4.37 Å². The minimum atomic E-state index is -4.39. The molecular formula is C13H10F3N3S. The summed E-state index contributed by atoms with van der Waals surface area (Å²) in [5, 5.41) is 12.3. The molecule has 1 aromatic heterocycles. The van der Waals surface area contributed by atoms with Gasteiger partial charge in [-0.1, -0.05) is 18.2 Å².